The first-order valence-corrected chi connectivity index (χ1v) is 9.42. The van der Waals surface area contributed by atoms with E-state index >= 15 is 0 Å². The number of nitrogens with two attached hydrogens (primary N) is 3. The monoisotopic (exact) mass is 376 g/mol. The van der Waals surface area contributed by atoms with Crippen molar-refractivity contribution in [2.24, 2.45) is 22.4 Å². The van der Waals surface area contributed by atoms with Crippen LogP contribution in [-0.2, 0) is 12.8 Å². The third-order valence-electron chi connectivity index (χ3n) is 3.58. The summed E-state index contributed by atoms with van der Waals surface area (Å²) in [4.78, 5) is 3.96. The van der Waals surface area contributed by atoms with E-state index in [1.54, 1.807) is 11.3 Å². The van der Waals surface area contributed by atoms with Gasteiger partial charge in [-0.2, -0.15) is 11.3 Å². The first-order valence-electron chi connectivity index (χ1n) is 8.07. The topological polar surface area (TPSA) is 99.6 Å². The molecule has 7 heteroatoms. The van der Waals surface area contributed by atoms with E-state index in [4.69, 9.17) is 34.2 Å². The number of thiophene rings is 1. The van der Waals surface area contributed by atoms with E-state index in [1.165, 1.54) is 5.56 Å². The first kappa shape index (κ1) is 19.2. The Morgan fingerprint density at radius 1 is 1.28 bits per heavy atom. The zero-order valence-corrected chi connectivity index (χ0v) is 16.1. The van der Waals surface area contributed by atoms with Crippen LogP contribution in [0.5, 0.6) is 5.75 Å². The molecule has 6 N–H and O–H groups in total. The largest absolute Gasteiger partial charge is 0.491 e. The van der Waals surface area contributed by atoms with E-state index in [9.17, 15) is 0 Å². The molecule has 0 saturated carbocycles. The Hall–Kier alpha value is -2.12. The molecule has 25 heavy (non-hydrogen) atoms. The average Bonchev–Trinajstić information content (AvgIpc) is 3.02. The van der Waals surface area contributed by atoms with Gasteiger partial charge in [-0.15, -0.1) is 0 Å². The molecule has 0 spiro atoms. The molecule has 0 aliphatic rings. The predicted octanol–water partition coefficient (Wildman–Crippen LogP) is 3.10. The van der Waals surface area contributed by atoms with E-state index in [-0.39, 0.29) is 10.9 Å². The molecule has 0 aliphatic heterocycles. The number of benzene rings is 1. The molecule has 0 unspecified atom stereocenters. The number of hydrogen-bond acceptors (Lipinski definition) is 4. The minimum absolute atomic E-state index is 0.0221. The van der Waals surface area contributed by atoms with Gasteiger partial charge >= 0.3 is 0 Å². The zero-order valence-electron chi connectivity index (χ0n) is 14.5. The quantitative estimate of drug-likeness (QED) is 0.298. The molecule has 134 valence electrons. The Morgan fingerprint density at radius 3 is 2.64 bits per heavy atom. The Morgan fingerprint density at radius 2 is 2.04 bits per heavy atom. The molecule has 0 aliphatic carbocycles. The van der Waals surface area contributed by atoms with Crippen LogP contribution in [0.3, 0.4) is 0 Å². The summed E-state index contributed by atoms with van der Waals surface area (Å²) < 4.78 is 5.93. The Balaban J connectivity index is 2.27. The summed E-state index contributed by atoms with van der Waals surface area (Å²) >= 11 is 6.48. The number of thiocarbonyl (C=S) groups is 1. The number of amidine groups is 1. The van der Waals surface area contributed by atoms with Crippen molar-refractivity contribution in [1.82, 2.24) is 0 Å². The minimum Gasteiger partial charge on any atom is -0.491 e. The molecule has 0 saturated heterocycles. The number of nitrogens with zero attached hydrogens (tertiary/aromatic N) is 1. The lowest BCUT2D eigenvalue weighted by Crippen LogP contribution is -2.20. The summed E-state index contributed by atoms with van der Waals surface area (Å²) in [6, 6.07) is 5.99. The van der Waals surface area contributed by atoms with Gasteiger partial charge in [0.1, 0.15) is 11.6 Å². The predicted molar refractivity (Wildman–Crippen MR) is 110 cm³/mol. The van der Waals surface area contributed by atoms with Crippen LogP contribution in [0.1, 0.15) is 30.5 Å². The zero-order chi connectivity index (χ0) is 18.4. The highest BCUT2D eigenvalue weighted by molar-refractivity contribution is 7.80. The molecule has 1 heterocycles. The van der Waals surface area contributed by atoms with Gasteiger partial charge in [0.2, 0.25) is 0 Å². The summed E-state index contributed by atoms with van der Waals surface area (Å²) in [6.45, 7) is 4.84. The van der Waals surface area contributed by atoms with Crippen molar-refractivity contribution in [2.75, 3.05) is 12.3 Å². The molecule has 0 bridgehead atoms. The number of aliphatic imine (C=N–C) groups is 1. The lowest BCUT2D eigenvalue weighted by molar-refractivity contribution is 0.323. The number of nitrogen functional groups attached to an aromatic ring is 1. The van der Waals surface area contributed by atoms with E-state index < -0.39 is 0 Å². The van der Waals surface area contributed by atoms with Crippen LogP contribution in [0.2, 0.25) is 0 Å². The Kier molecular flexibility index (Phi) is 6.78. The second-order valence-corrected chi connectivity index (χ2v) is 7.42. The molecule has 1 aromatic heterocycles. The van der Waals surface area contributed by atoms with Gasteiger partial charge in [-0.05, 0) is 64.6 Å². The standard InChI is InChI=1S/C18H24N4OS2/c1-11(2)7-13-8-14(17(20)22-18(21)24)16(19)15(9-13)23-5-3-12-4-6-25-10-12/h4,6,8-11H,3,5,7,19H2,1-2H3,(H4,20,21,22,24). The summed E-state index contributed by atoms with van der Waals surface area (Å²) in [5, 5.41) is 4.14. The number of rotatable bonds is 7. The average molecular weight is 377 g/mol. The Labute approximate surface area is 157 Å². The highest BCUT2D eigenvalue weighted by Gasteiger charge is 2.14. The Bertz CT molecular complexity index is 755. The second-order valence-electron chi connectivity index (χ2n) is 6.22. The van der Waals surface area contributed by atoms with Crippen LogP contribution in [0.15, 0.2) is 34.0 Å². The fourth-order valence-electron chi connectivity index (χ4n) is 2.50. The summed E-state index contributed by atoms with van der Waals surface area (Å²) in [6.07, 6.45) is 1.71. The molecular weight excluding hydrogens is 352 g/mol. The van der Waals surface area contributed by atoms with Crippen molar-refractivity contribution in [1.29, 1.82) is 0 Å². The van der Waals surface area contributed by atoms with Gasteiger partial charge in [-0.25, -0.2) is 4.99 Å². The smallest absolute Gasteiger partial charge is 0.192 e. The molecule has 0 radical (unpaired) electrons. The van der Waals surface area contributed by atoms with E-state index in [0.717, 1.165) is 18.4 Å². The van der Waals surface area contributed by atoms with Crippen LogP contribution in [-0.4, -0.2) is 17.6 Å². The fraction of sp³-hybridized carbons (Fsp3) is 0.333. The lowest BCUT2D eigenvalue weighted by atomic mass is 9.99. The van der Waals surface area contributed by atoms with Crippen molar-refractivity contribution < 1.29 is 4.74 Å². The van der Waals surface area contributed by atoms with E-state index in [1.807, 2.05) is 12.1 Å². The fourth-order valence-corrected chi connectivity index (χ4v) is 3.30. The highest BCUT2D eigenvalue weighted by atomic mass is 32.1. The van der Waals surface area contributed by atoms with Crippen LogP contribution in [0, 0.1) is 5.92 Å². The number of anilines is 1. The van der Waals surface area contributed by atoms with Crippen molar-refractivity contribution >= 4 is 40.2 Å². The van der Waals surface area contributed by atoms with Gasteiger partial charge in [-0.1, -0.05) is 13.8 Å². The maximum atomic E-state index is 6.25. The molecule has 1 aromatic carbocycles. The van der Waals surface area contributed by atoms with Gasteiger partial charge in [0, 0.05) is 12.0 Å². The van der Waals surface area contributed by atoms with Crippen LogP contribution < -0.4 is 21.9 Å². The van der Waals surface area contributed by atoms with Gasteiger partial charge < -0.3 is 21.9 Å². The normalized spacial score (nSPS) is 11.7. The van der Waals surface area contributed by atoms with Gasteiger partial charge in [0.05, 0.1) is 12.3 Å². The molecule has 5 nitrogen and oxygen atoms in total. The molecule has 2 rings (SSSR count). The van der Waals surface area contributed by atoms with Crippen molar-refractivity contribution in [3.05, 3.63) is 45.6 Å². The van der Waals surface area contributed by atoms with Gasteiger partial charge in [0.15, 0.2) is 5.11 Å². The maximum Gasteiger partial charge on any atom is 0.192 e. The third kappa shape index (κ3) is 5.72. The third-order valence-corrected chi connectivity index (χ3v) is 4.40. The summed E-state index contributed by atoms with van der Waals surface area (Å²) in [7, 11) is 0. The van der Waals surface area contributed by atoms with Crippen LogP contribution in [0.25, 0.3) is 0 Å². The molecule has 0 amide bonds. The number of ether oxygens (including phenoxy) is 1. The van der Waals surface area contributed by atoms with Gasteiger partial charge in [0.25, 0.3) is 0 Å². The van der Waals surface area contributed by atoms with Crippen LogP contribution >= 0.6 is 23.6 Å². The van der Waals surface area contributed by atoms with Crippen LogP contribution in [0.4, 0.5) is 5.69 Å². The van der Waals surface area contributed by atoms with Crippen molar-refractivity contribution in [3.8, 4) is 5.75 Å². The number of hydrogen-bond donors (Lipinski definition) is 3. The lowest BCUT2D eigenvalue weighted by Gasteiger charge is -2.16. The molecular formula is C18H24N4OS2. The highest BCUT2D eigenvalue weighted by Crippen LogP contribution is 2.29. The van der Waals surface area contributed by atoms with Crippen molar-refractivity contribution in [3.63, 3.8) is 0 Å². The molecule has 2 aromatic rings. The second kappa shape index (κ2) is 8.82. The summed E-state index contributed by atoms with van der Waals surface area (Å²) in [5.41, 5.74) is 21.1. The van der Waals surface area contributed by atoms with E-state index in [0.29, 0.717) is 29.5 Å². The first-order chi connectivity index (χ1) is 11.9. The van der Waals surface area contributed by atoms with E-state index in [2.05, 4.69) is 35.7 Å². The minimum atomic E-state index is -0.0221. The van der Waals surface area contributed by atoms with Gasteiger partial charge in [-0.3, -0.25) is 0 Å². The van der Waals surface area contributed by atoms with Crippen molar-refractivity contribution in [2.45, 2.75) is 26.7 Å². The maximum absolute atomic E-state index is 6.25. The SMILES string of the molecule is CC(C)Cc1cc(OCCc2ccsc2)c(N)c(/C(N)=N/C(N)=S)c1. The molecule has 0 fully saturated rings. The summed E-state index contributed by atoms with van der Waals surface area (Å²) in [5.74, 6) is 1.31. The molecule has 0 atom stereocenters.